The van der Waals surface area contributed by atoms with Gasteiger partial charge < -0.3 is 15.2 Å². The number of carbonyl (C=O) groups is 1. The van der Waals surface area contributed by atoms with Gasteiger partial charge in [0.2, 0.25) is 5.91 Å². The zero-order chi connectivity index (χ0) is 13.2. The number of benzene rings is 1. The monoisotopic (exact) mass is 248 g/mol. The van der Waals surface area contributed by atoms with Gasteiger partial charge in [0.25, 0.3) is 0 Å². The molecule has 18 heavy (non-hydrogen) atoms. The molecule has 0 unspecified atom stereocenters. The summed E-state index contributed by atoms with van der Waals surface area (Å²) in [5.74, 6) is 0.518. The van der Waals surface area contributed by atoms with E-state index < -0.39 is 0 Å². The van der Waals surface area contributed by atoms with E-state index in [9.17, 15) is 4.79 Å². The van der Waals surface area contributed by atoms with Crippen LogP contribution in [0.4, 0.5) is 5.69 Å². The normalized spacial score (nSPS) is 9.56. The third-order valence-corrected chi connectivity index (χ3v) is 2.25. The number of hydrogen-bond donors (Lipinski definition) is 2. The zero-order valence-electron chi connectivity index (χ0n) is 10.1. The lowest BCUT2D eigenvalue weighted by Gasteiger charge is -2.06. The quantitative estimate of drug-likeness (QED) is 0.719. The van der Waals surface area contributed by atoms with Gasteiger partial charge in [-0.1, -0.05) is 0 Å². The van der Waals surface area contributed by atoms with Crippen LogP contribution in [0.2, 0.25) is 0 Å². The van der Waals surface area contributed by atoms with Gasteiger partial charge in [0.15, 0.2) is 6.61 Å². The lowest BCUT2D eigenvalue weighted by atomic mass is 10.2. The Labute approximate surface area is 106 Å². The molecule has 0 aliphatic carbocycles. The number of ether oxygens (including phenoxy) is 1. The van der Waals surface area contributed by atoms with Gasteiger partial charge in [0.05, 0.1) is 0 Å². The van der Waals surface area contributed by atoms with Crippen molar-refractivity contribution in [3.63, 3.8) is 0 Å². The number of nitrogens with one attached hydrogen (secondary N) is 1. The van der Waals surface area contributed by atoms with Crippen molar-refractivity contribution >= 4 is 11.6 Å². The van der Waals surface area contributed by atoms with Crippen molar-refractivity contribution in [1.29, 1.82) is 5.26 Å². The highest BCUT2D eigenvalue weighted by Crippen LogP contribution is 2.15. The summed E-state index contributed by atoms with van der Waals surface area (Å²) in [5, 5.41) is 19.7. The maximum Gasteiger partial charge on any atom is 0.224 e. The third-order valence-electron chi connectivity index (χ3n) is 2.25. The van der Waals surface area contributed by atoms with Gasteiger partial charge in [-0.2, -0.15) is 5.26 Å². The molecule has 5 heteroatoms. The van der Waals surface area contributed by atoms with Crippen LogP contribution < -0.4 is 10.1 Å². The van der Waals surface area contributed by atoms with Crippen LogP contribution in [0.3, 0.4) is 0 Å². The Morgan fingerprint density at radius 1 is 1.33 bits per heavy atom. The Balaban J connectivity index is 2.38. The van der Waals surface area contributed by atoms with E-state index >= 15 is 0 Å². The van der Waals surface area contributed by atoms with Gasteiger partial charge in [-0.25, -0.2) is 0 Å². The first kappa shape index (κ1) is 14.0. The molecule has 0 atom stereocenters. The highest BCUT2D eigenvalue weighted by atomic mass is 16.5. The summed E-state index contributed by atoms with van der Waals surface area (Å²) in [4.78, 5) is 11.5. The van der Waals surface area contributed by atoms with Gasteiger partial charge in [-0.15, -0.1) is 0 Å². The van der Waals surface area contributed by atoms with E-state index in [-0.39, 0.29) is 19.1 Å². The van der Waals surface area contributed by atoms with Gasteiger partial charge in [-0.3, -0.25) is 4.79 Å². The van der Waals surface area contributed by atoms with E-state index in [1.807, 2.05) is 6.07 Å². The number of anilines is 1. The molecule has 0 aliphatic rings. The Hall–Kier alpha value is -2.06. The Morgan fingerprint density at radius 2 is 2.06 bits per heavy atom. The molecule has 1 aromatic rings. The van der Waals surface area contributed by atoms with Gasteiger partial charge in [0.1, 0.15) is 11.8 Å². The maximum absolute atomic E-state index is 11.5. The Kier molecular flexibility index (Phi) is 6.30. The minimum atomic E-state index is -0.0749. The molecule has 0 heterocycles. The standard InChI is InChI=1S/C13H16N2O3/c14-8-10-18-12-6-4-11(5-7-12)15-13(17)3-1-2-9-16/h4-7,16H,1-3,9-10H2,(H,15,17). The van der Waals surface area contributed by atoms with Crippen molar-refractivity contribution in [1.82, 2.24) is 0 Å². The molecule has 0 bridgehead atoms. The van der Waals surface area contributed by atoms with E-state index in [1.165, 1.54) is 0 Å². The van der Waals surface area contributed by atoms with E-state index in [1.54, 1.807) is 24.3 Å². The number of nitriles is 1. The molecule has 0 aromatic heterocycles. The molecule has 1 rings (SSSR count). The molecule has 96 valence electrons. The highest BCUT2D eigenvalue weighted by molar-refractivity contribution is 5.90. The molecular weight excluding hydrogens is 232 g/mol. The highest BCUT2D eigenvalue weighted by Gasteiger charge is 2.02. The molecule has 5 nitrogen and oxygen atoms in total. The fraction of sp³-hybridized carbons (Fsp3) is 0.385. The van der Waals surface area contributed by atoms with Crippen LogP contribution >= 0.6 is 0 Å². The van der Waals surface area contributed by atoms with Crippen LogP contribution in [-0.2, 0) is 4.79 Å². The molecule has 0 spiro atoms. The Bertz CT molecular complexity index is 409. The number of nitrogens with zero attached hydrogens (tertiary/aromatic N) is 1. The van der Waals surface area contributed by atoms with Crippen LogP contribution in [-0.4, -0.2) is 24.2 Å². The van der Waals surface area contributed by atoms with Crippen LogP contribution in [0.5, 0.6) is 5.75 Å². The second kappa shape index (κ2) is 8.09. The topological polar surface area (TPSA) is 82.3 Å². The summed E-state index contributed by atoms with van der Waals surface area (Å²) in [5.41, 5.74) is 0.688. The molecule has 0 radical (unpaired) electrons. The van der Waals surface area contributed by atoms with E-state index in [2.05, 4.69) is 5.32 Å². The fourth-order valence-corrected chi connectivity index (χ4v) is 1.37. The van der Waals surface area contributed by atoms with Crippen LogP contribution in [0.15, 0.2) is 24.3 Å². The lowest BCUT2D eigenvalue weighted by Crippen LogP contribution is -2.11. The van der Waals surface area contributed by atoms with E-state index in [4.69, 9.17) is 15.1 Å². The van der Waals surface area contributed by atoms with E-state index in [0.29, 0.717) is 30.7 Å². The predicted molar refractivity (Wildman–Crippen MR) is 67.1 cm³/mol. The second-order valence-corrected chi connectivity index (χ2v) is 3.70. The van der Waals surface area contributed by atoms with Crippen molar-refractivity contribution in [3.8, 4) is 11.8 Å². The first-order valence-corrected chi connectivity index (χ1v) is 5.77. The molecule has 0 aliphatic heterocycles. The van der Waals surface area contributed by atoms with Crippen molar-refractivity contribution in [2.45, 2.75) is 19.3 Å². The summed E-state index contributed by atoms with van der Waals surface area (Å²) >= 11 is 0. The van der Waals surface area contributed by atoms with Gasteiger partial charge in [0, 0.05) is 18.7 Å². The van der Waals surface area contributed by atoms with Gasteiger partial charge >= 0.3 is 0 Å². The summed E-state index contributed by atoms with van der Waals surface area (Å²) in [6.45, 7) is 0.116. The number of rotatable bonds is 7. The minimum Gasteiger partial charge on any atom is -0.479 e. The average molecular weight is 248 g/mol. The summed E-state index contributed by atoms with van der Waals surface area (Å²) in [6.07, 6.45) is 1.70. The SMILES string of the molecule is N#CCOc1ccc(NC(=O)CCCCO)cc1. The first-order valence-electron chi connectivity index (χ1n) is 5.77. The summed E-state index contributed by atoms with van der Waals surface area (Å²) in [6, 6.07) is 8.71. The van der Waals surface area contributed by atoms with Crippen molar-refractivity contribution in [2.24, 2.45) is 0 Å². The average Bonchev–Trinajstić information content (AvgIpc) is 2.38. The molecule has 2 N–H and O–H groups in total. The lowest BCUT2D eigenvalue weighted by molar-refractivity contribution is -0.116. The van der Waals surface area contributed by atoms with Crippen LogP contribution in [0.25, 0.3) is 0 Å². The summed E-state index contributed by atoms with van der Waals surface area (Å²) in [7, 11) is 0. The first-order chi connectivity index (χ1) is 8.76. The molecule has 0 fully saturated rings. The predicted octanol–water partition coefficient (Wildman–Crippen LogP) is 1.69. The molecule has 0 saturated carbocycles. The Morgan fingerprint density at radius 3 is 2.67 bits per heavy atom. The number of aliphatic hydroxyl groups is 1. The van der Waals surface area contributed by atoms with Gasteiger partial charge in [-0.05, 0) is 37.1 Å². The number of hydrogen-bond acceptors (Lipinski definition) is 4. The van der Waals surface area contributed by atoms with Crippen LogP contribution in [0, 0.1) is 11.3 Å². The number of aliphatic hydroxyl groups excluding tert-OH is 1. The fourth-order valence-electron chi connectivity index (χ4n) is 1.37. The third kappa shape index (κ3) is 5.32. The van der Waals surface area contributed by atoms with Crippen molar-refractivity contribution in [2.75, 3.05) is 18.5 Å². The molecule has 1 amide bonds. The molecule has 1 aromatic carbocycles. The van der Waals surface area contributed by atoms with E-state index in [0.717, 1.165) is 0 Å². The number of unbranched alkanes of at least 4 members (excludes halogenated alkanes) is 1. The largest absolute Gasteiger partial charge is 0.479 e. The minimum absolute atomic E-state index is 0.00681. The second-order valence-electron chi connectivity index (χ2n) is 3.70. The van der Waals surface area contributed by atoms with Crippen LogP contribution in [0.1, 0.15) is 19.3 Å². The molecular formula is C13H16N2O3. The van der Waals surface area contributed by atoms with Crippen molar-refractivity contribution < 1.29 is 14.6 Å². The maximum atomic E-state index is 11.5. The number of carbonyl (C=O) groups excluding carboxylic acids is 1. The van der Waals surface area contributed by atoms with Crippen molar-refractivity contribution in [3.05, 3.63) is 24.3 Å². The zero-order valence-corrected chi connectivity index (χ0v) is 10.1. The number of amides is 1. The molecule has 0 saturated heterocycles. The summed E-state index contributed by atoms with van der Waals surface area (Å²) < 4.78 is 5.09. The smallest absolute Gasteiger partial charge is 0.224 e.